The third kappa shape index (κ3) is 5.73. The van der Waals surface area contributed by atoms with Crippen molar-refractivity contribution in [2.75, 3.05) is 32.8 Å². The fourth-order valence-corrected chi connectivity index (χ4v) is 2.57. The van der Waals surface area contributed by atoms with Crippen LogP contribution in [0.3, 0.4) is 0 Å². The van der Waals surface area contributed by atoms with Crippen molar-refractivity contribution in [3.8, 4) is 0 Å². The number of nitrogens with zero attached hydrogens (tertiary/aromatic N) is 1. The van der Waals surface area contributed by atoms with Crippen LogP contribution in [0.4, 0.5) is 0 Å². The van der Waals surface area contributed by atoms with E-state index in [4.69, 9.17) is 9.47 Å². The molecule has 0 radical (unpaired) electrons. The predicted octanol–water partition coefficient (Wildman–Crippen LogP) is 1.91. The molecule has 2 saturated heterocycles. The lowest BCUT2D eigenvalue weighted by molar-refractivity contribution is 0.0283. The SMILES string of the molecule is CCNC(=NCC1(C)CCCO1)NCC1CCCO1.I. The van der Waals surface area contributed by atoms with Crippen LogP contribution < -0.4 is 10.6 Å². The van der Waals surface area contributed by atoms with Crippen LogP contribution in [-0.4, -0.2) is 50.5 Å². The monoisotopic (exact) mass is 397 g/mol. The minimum atomic E-state index is -0.0772. The minimum Gasteiger partial charge on any atom is -0.376 e. The summed E-state index contributed by atoms with van der Waals surface area (Å²) in [6.07, 6.45) is 4.90. The largest absolute Gasteiger partial charge is 0.376 e. The quantitative estimate of drug-likeness (QED) is 0.423. The van der Waals surface area contributed by atoms with E-state index in [1.54, 1.807) is 0 Å². The molecule has 2 N–H and O–H groups in total. The number of hydrogen-bond donors (Lipinski definition) is 2. The normalized spacial score (nSPS) is 30.1. The second-order valence-electron chi connectivity index (χ2n) is 5.61. The molecule has 2 aliphatic rings. The summed E-state index contributed by atoms with van der Waals surface area (Å²) >= 11 is 0. The van der Waals surface area contributed by atoms with E-state index >= 15 is 0 Å². The Bertz CT molecular complexity index is 301. The van der Waals surface area contributed by atoms with Crippen LogP contribution in [0.15, 0.2) is 4.99 Å². The molecule has 5 nitrogen and oxygen atoms in total. The summed E-state index contributed by atoms with van der Waals surface area (Å²) in [5.74, 6) is 0.870. The molecule has 2 atom stereocenters. The van der Waals surface area contributed by atoms with Gasteiger partial charge >= 0.3 is 0 Å². The minimum absolute atomic E-state index is 0. The molecular weight excluding hydrogens is 369 g/mol. The number of nitrogens with one attached hydrogen (secondary N) is 2. The maximum Gasteiger partial charge on any atom is 0.191 e. The Balaban J connectivity index is 0.00000200. The van der Waals surface area contributed by atoms with Crippen LogP contribution in [0.1, 0.15) is 39.5 Å². The zero-order valence-electron chi connectivity index (χ0n) is 12.6. The molecule has 0 bridgehead atoms. The van der Waals surface area contributed by atoms with E-state index in [9.17, 15) is 0 Å². The fourth-order valence-electron chi connectivity index (χ4n) is 2.57. The molecule has 0 saturated carbocycles. The molecule has 0 amide bonds. The number of guanidine groups is 1. The summed E-state index contributed by atoms with van der Waals surface area (Å²) in [6, 6.07) is 0. The molecule has 2 unspecified atom stereocenters. The van der Waals surface area contributed by atoms with Gasteiger partial charge in [0.25, 0.3) is 0 Å². The molecule has 20 heavy (non-hydrogen) atoms. The maximum atomic E-state index is 5.76. The van der Waals surface area contributed by atoms with Crippen molar-refractivity contribution >= 4 is 29.9 Å². The zero-order chi connectivity index (χ0) is 13.6. The molecule has 2 aliphatic heterocycles. The second-order valence-corrected chi connectivity index (χ2v) is 5.61. The number of aliphatic imine (C=N–C) groups is 1. The Hall–Kier alpha value is -0.0800. The standard InChI is InChI=1S/C14H27N3O2.HI/c1-3-15-13(16-10-12-6-4-8-18-12)17-11-14(2)7-5-9-19-14;/h12H,3-11H2,1-2H3,(H2,15,16,17);1H. The number of halogens is 1. The van der Waals surface area contributed by atoms with Crippen molar-refractivity contribution in [1.29, 1.82) is 0 Å². The van der Waals surface area contributed by atoms with Crippen LogP contribution in [-0.2, 0) is 9.47 Å². The lowest BCUT2D eigenvalue weighted by Gasteiger charge is -2.22. The van der Waals surface area contributed by atoms with Gasteiger partial charge in [0, 0.05) is 26.3 Å². The molecule has 6 heteroatoms. The van der Waals surface area contributed by atoms with Gasteiger partial charge in [-0.05, 0) is 39.5 Å². The first kappa shape index (κ1) is 18.0. The maximum absolute atomic E-state index is 5.76. The van der Waals surface area contributed by atoms with Crippen LogP contribution in [0.5, 0.6) is 0 Å². The van der Waals surface area contributed by atoms with E-state index < -0.39 is 0 Å². The van der Waals surface area contributed by atoms with Crippen molar-refractivity contribution in [1.82, 2.24) is 10.6 Å². The summed E-state index contributed by atoms with van der Waals surface area (Å²) < 4.78 is 11.4. The molecule has 0 aliphatic carbocycles. The summed E-state index contributed by atoms with van der Waals surface area (Å²) in [6.45, 7) is 8.41. The molecule has 118 valence electrons. The van der Waals surface area contributed by atoms with Crippen LogP contribution in [0, 0.1) is 0 Å². The molecule has 0 spiro atoms. The lowest BCUT2D eigenvalue weighted by Crippen LogP contribution is -2.42. The third-order valence-electron chi connectivity index (χ3n) is 3.74. The summed E-state index contributed by atoms with van der Waals surface area (Å²) in [5, 5.41) is 6.64. The van der Waals surface area contributed by atoms with Gasteiger partial charge in [-0.15, -0.1) is 24.0 Å². The average Bonchev–Trinajstić information content (AvgIpc) is 3.05. The van der Waals surface area contributed by atoms with Gasteiger partial charge in [-0.3, -0.25) is 4.99 Å². The first-order chi connectivity index (χ1) is 9.22. The van der Waals surface area contributed by atoms with E-state index in [0.29, 0.717) is 12.6 Å². The Kier molecular flexibility index (Phi) is 8.13. The van der Waals surface area contributed by atoms with Crippen LogP contribution in [0.2, 0.25) is 0 Å². The smallest absolute Gasteiger partial charge is 0.191 e. The van der Waals surface area contributed by atoms with Crippen LogP contribution >= 0.6 is 24.0 Å². The molecule has 2 heterocycles. The average molecular weight is 397 g/mol. The highest BCUT2D eigenvalue weighted by Gasteiger charge is 2.29. The zero-order valence-corrected chi connectivity index (χ0v) is 14.9. The van der Waals surface area contributed by atoms with Gasteiger partial charge < -0.3 is 20.1 Å². The third-order valence-corrected chi connectivity index (χ3v) is 3.74. The topological polar surface area (TPSA) is 54.9 Å². The predicted molar refractivity (Wildman–Crippen MR) is 92.0 cm³/mol. The Morgan fingerprint density at radius 3 is 2.75 bits per heavy atom. The number of hydrogen-bond acceptors (Lipinski definition) is 3. The highest BCUT2D eigenvalue weighted by molar-refractivity contribution is 14.0. The van der Waals surface area contributed by atoms with Gasteiger partial charge in [-0.1, -0.05) is 0 Å². The van der Waals surface area contributed by atoms with Gasteiger partial charge in [0.1, 0.15) is 0 Å². The van der Waals surface area contributed by atoms with E-state index in [0.717, 1.165) is 51.5 Å². The molecular formula is C14H28IN3O2. The summed E-state index contributed by atoms with van der Waals surface area (Å²) in [5.41, 5.74) is -0.0772. The first-order valence-electron chi connectivity index (χ1n) is 7.49. The number of ether oxygens (including phenoxy) is 2. The fraction of sp³-hybridized carbons (Fsp3) is 0.929. The highest BCUT2D eigenvalue weighted by Crippen LogP contribution is 2.24. The molecule has 0 aromatic rings. The highest BCUT2D eigenvalue weighted by atomic mass is 127. The molecule has 0 aromatic carbocycles. The van der Waals surface area contributed by atoms with E-state index in [1.807, 2.05) is 0 Å². The van der Waals surface area contributed by atoms with Gasteiger partial charge in [-0.2, -0.15) is 0 Å². The van der Waals surface area contributed by atoms with E-state index in [-0.39, 0.29) is 29.6 Å². The lowest BCUT2D eigenvalue weighted by atomic mass is 10.0. The molecule has 2 fully saturated rings. The summed E-state index contributed by atoms with van der Waals surface area (Å²) in [7, 11) is 0. The Morgan fingerprint density at radius 1 is 1.30 bits per heavy atom. The van der Waals surface area contributed by atoms with Crippen molar-refractivity contribution in [2.24, 2.45) is 4.99 Å². The molecule has 0 aromatic heterocycles. The van der Waals surface area contributed by atoms with E-state index in [1.165, 1.54) is 6.42 Å². The first-order valence-corrected chi connectivity index (χ1v) is 7.49. The number of rotatable bonds is 5. The van der Waals surface area contributed by atoms with Gasteiger partial charge in [0.15, 0.2) is 5.96 Å². The Labute approximate surface area is 139 Å². The molecule has 2 rings (SSSR count). The van der Waals surface area contributed by atoms with Crippen molar-refractivity contribution < 1.29 is 9.47 Å². The van der Waals surface area contributed by atoms with Gasteiger partial charge in [0.2, 0.25) is 0 Å². The van der Waals surface area contributed by atoms with Crippen molar-refractivity contribution in [2.45, 2.75) is 51.2 Å². The Morgan fingerprint density at radius 2 is 2.15 bits per heavy atom. The second kappa shape index (κ2) is 9.04. The summed E-state index contributed by atoms with van der Waals surface area (Å²) in [4.78, 5) is 4.64. The van der Waals surface area contributed by atoms with Gasteiger partial charge in [-0.25, -0.2) is 0 Å². The van der Waals surface area contributed by atoms with Crippen LogP contribution in [0.25, 0.3) is 0 Å². The van der Waals surface area contributed by atoms with Crippen molar-refractivity contribution in [3.05, 3.63) is 0 Å². The van der Waals surface area contributed by atoms with Gasteiger partial charge in [0.05, 0.1) is 18.2 Å². The van der Waals surface area contributed by atoms with Crippen molar-refractivity contribution in [3.63, 3.8) is 0 Å². The van der Waals surface area contributed by atoms with E-state index in [2.05, 4.69) is 29.5 Å².